The van der Waals surface area contributed by atoms with Crippen molar-refractivity contribution in [1.29, 1.82) is 0 Å². The summed E-state index contributed by atoms with van der Waals surface area (Å²) in [7, 11) is 0. The molecule has 0 bridgehead atoms. The van der Waals surface area contributed by atoms with E-state index >= 15 is 0 Å². The molecule has 6 fully saturated rings. The molecule has 490 valence electrons. The van der Waals surface area contributed by atoms with E-state index in [1.807, 2.05) is 26.2 Å². The van der Waals surface area contributed by atoms with Gasteiger partial charge < -0.3 is 49.4 Å². The van der Waals surface area contributed by atoms with Crippen molar-refractivity contribution in [3.05, 3.63) is 107 Å². The smallest absolute Gasteiger partial charge is 0.319 e. The molecule has 0 amide bonds. The monoisotopic (exact) mass is 1250 g/mol. The summed E-state index contributed by atoms with van der Waals surface area (Å²) in [6.07, 6.45) is 23.7. The van der Waals surface area contributed by atoms with Crippen LogP contribution in [-0.2, 0) is 15.1 Å². The van der Waals surface area contributed by atoms with Gasteiger partial charge in [-0.25, -0.2) is 21.5 Å². The third kappa shape index (κ3) is 19.1. The summed E-state index contributed by atoms with van der Waals surface area (Å²) in [6, 6.07) is 17.0. The van der Waals surface area contributed by atoms with E-state index in [-0.39, 0.29) is 36.2 Å². The number of aryl methyl sites for hydroxylation is 2. The molecule has 20 heteroatoms. The van der Waals surface area contributed by atoms with Crippen LogP contribution in [0.5, 0.6) is 17.6 Å². The van der Waals surface area contributed by atoms with Crippen molar-refractivity contribution in [1.82, 2.24) is 39.7 Å². The Morgan fingerprint density at radius 3 is 1.49 bits per heavy atom. The van der Waals surface area contributed by atoms with Crippen LogP contribution in [0.1, 0.15) is 169 Å². The first-order valence-corrected chi connectivity index (χ1v) is 33.7. The fourth-order valence-corrected chi connectivity index (χ4v) is 13.0. The van der Waals surface area contributed by atoms with Gasteiger partial charge in [0.2, 0.25) is 35.4 Å². The molecule has 2 unspecified atom stereocenters. The van der Waals surface area contributed by atoms with Crippen molar-refractivity contribution in [2.24, 2.45) is 35.5 Å². The largest absolute Gasteiger partial charge is 0.477 e. The standard InChI is InChI=1S/C27H38N4O2.C25H36N4O2.C19H25FN6O/c1-18-4-6-21(7-5-18)17-32-26-25(22-8-9-22)14-28-27(30-26)29-23-10-12-24(13-11-23)31-15-19(2)33-20(3)16-31;1-17-5-7-21(8-6-17)16-30-24-18(2)13-26-25(28-24)27-22-9-11-23(12-10-22)29-14-19(3)31-20(4)15-29;1-12-6-7-14(8-12)11-27-17-15(20)9-22-18(24-17)23-16-10-26(25-13(16)2)19(3,4)21-5/h10-14,18-22H,4-9,15-17H2,1-3H3,(H,28,29,30);9-13,17,19-21H,5-8,14-16H2,1-4H3,(H,26,27,28);9-10,12,14H,6-8,11H2,1-4H3,(H,22,23,24)/t18?,19-,20+,21?;17?,19-,20+,21?;. The van der Waals surface area contributed by atoms with Crippen molar-refractivity contribution in [3.8, 4) is 17.6 Å². The zero-order valence-electron chi connectivity index (χ0n) is 55.8. The van der Waals surface area contributed by atoms with Gasteiger partial charge in [0.25, 0.3) is 5.88 Å². The van der Waals surface area contributed by atoms with Crippen molar-refractivity contribution >= 4 is 46.3 Å². The molecule has 6 heterocycles. The lowest BCUT2D eigenvalue weighted by Gasteiger charge is -2.36. The van der Waals surface area contributed by atoms with Crippen molar-refractivity contribution in [2.45, 2.75) is 196 Å². The van der Waals surface area contributed by atoms with Crippen LogP contribution in [-0.4, -0.2) is 110 Å². The molecule has 2 saturated heterocycles. The van der Waals surface area contributed by atoms with Gasteiger partial charge in [0.1, 0.15) is 0 Å². The van der Waals surface area contributed by atoms with Crippen LogP contribution in [0.15, 0.2) is 73.3 Å². The van der Waals surface area contributed by atoms with E-state index < -0.39 is 11.5 Å². The zero-order valence-corrected chi connectivity index (χ0v) is 55.8. The Morgan fingerprint density at radius 1 is 0.549 bits per heavy atom. The first-order valence-electron chi connectivity index (χ1n) is 33.7. The summed E-state index contributed by atoms with van der Waals surface area (Å²) < 4.78 is 45.3. The SMILES string of the molecule is CC1CCC(COc2nc(Nc3ccc(N4C[C@@H](C)O[C@@H](C)C4)cc3)ncc2C2CC2)CC1.Cc1cnc(Nc2ccc(N3C[C@@H](C)O[C@@H](C)C3)cc2)nc1OCC1CCC(C)CC1.[C-]#[N+]C(C)(C)n1cc(Nc2ncc(F)c(OCC3CCC(C)C3)n2)c(C)n1. The molecule has 0 spiro atoms. The second kappa shape index (κ2) is 30.8. The minimum Gasteiger partial charge on any atom is -0.477 e. The third-order valence-corrected chi connectivity index (χ3v) is 18.7. The highest BCUT2D eigenvalue weighted by Crippen LogP contribution is 2.44. The molecule has 4 saturated carbocycles. The predicted molar refractivity (Wildman–Crippen MR) is 358 cm³/mol. The van der Waals surface area contributed by atoms with Gasteiger partial charge in [0.15, 0.2) is 0 Å². The van der Waals surface area contributed by atoms with E-state index in [2.05, 4.69) is 158 Å². The predicted octanol–water partition coefficient (Wildman–Crippen LogP) is 15.6. The second-order valence-electron chi connectivity index (χ2n) is 27.7. The van der Waals surface area contributed by atoms with E-state index in [1.54, 1.807) is 24.7 Å². The lowest BCUT2D eigenvalue weighted by atomic mass is 9.83. The highest BCUT2D eigenvalue weighted by molar-refractivity contribution is 5.61. The Kier molecular flexibility index (Phi) is 22.5. The van der Waals surface area contributed by atoms with Crippen LogP contribution >= 0.6 is 0 Å². The van der Waals surface area contributed by atoms with Gasteiger partial charge in [0, 0.05) is 86.3 Å². The van der Waals surface area contributed by atoms with E-state index in [1.165, 1.54) is 87.6 Å². The molecule has 19 nitrogen and oxygen atoms in total. The Balaban J connectivity index is 0.000000151. The third-order valence-electron chi connectivity index (χ3n) is 18.7. The average Bonchev–Trinajstić information content (AvgIpc) is 2.26. The van der Waals surface area contributed by atoms with E-state index in [4.69, 9.17) is 35.2 Å². The number of nitrogens with one attached hydrogen (secondary N) is 3. The molecule has 12 rings (SSSR count). The quantitative estimate of drug-likeness (QED) is 0.0649. The topological polar surface area (TPSA) is 188 Å². The van der Waals surface area contributed by atoms with Gasteiger partial charge in [-0.1, -0.05) is 52.9 Å². The summed E-state index contributed by atoms with van der Waals surface area (Å²) >= 11 is 0. The number of hydrogen-bond acceptors (Lipinski definition) is 17. The highest BCUT2D eigenvalue weighted by atomic mass is 19.1. The summed E-state index contributed by atoms with van der Waals surface area (Å²) in [4.78, 5) is 34.9. The van der Waals surface area contributed by atoms with Crippen molar-refractivity contribution in [2.75, 3.05) is 71.7 Å². The second-order valence-corrected chi connectivity index (χ2v) is 27.7. The number of benzene rings is 2. The van der Waals surface area contributed by atoms with Crippen molar-refractivity contribution in [3.63, 3.8) is 0 Å². The minimum atomic E-state index is -0.791. The summed E-state index contributed by atoms with van der Waals surface area (Å²) in [5, 5.41) is 14.1. The first kappa shape index (κ1) is 66.5. The van der Waals surface area contributed by atoms with Crippen LogP contribution < -0.4 is 40.0 Å². The fraction of sp³-hybridized carbons (Fsp3) is 0.606. The number of nitrogens with zero attached hydrogens (tertiary/aromatic N) is 11. The Bertz CT molecular complexity index is 3300. The van der Waals surface area contributed by atoms with Gasteiger partial charge in [-0.15, -0.1) is 0 Å². The molecule has 6 aromatic rings. The van der Waals surface area contributed by atoms with Gasteiger partial charge in [-0.3, -0.25) is 4.85 Å². The minimum absolute atomic E-state index is 0.0430. The normalized spacial score (nSPS) is 25.0. The van der Waals surface area contributed by atoms with E-state index in [9.17, 15) is 4.39 Å². The van der Waals surface area contributed by atoms with E-state index in [0.29, 0.717) is 65.4 Å². The molecule has 6 atom stereocenters. The highest BCUT2D eigenvalue weighted by Gasteiger charge is 2.31. The summed E-state index contributed by atoms with van der Waals surface area (Å²) in [5.74, 6) is 6.97. The van der Waals surface area contributed by atoms with Gasteiger partial charge >= 0.3 is 5.66 Å². The number of ether oxygens (including phenoxy) is 5. The Labute approximate surface area is 539 Å². The number of morpholine rings is 2. The molecule has 4 aromatic heterocycles. The molecular weight excluding hydrogens is 1150 g/mol. The van der Waals surface area contributed by atoms with Crippen LogP contribution in [0.2, 0.25) is 0 Å². The van der Waals surface area contributed by atoms with Gasteiger partial charge in [-0.2, -0.15) is 29.1 Å². The number of hydrogen-bond donors (Lipinski definition) is 3. The van der Waals surface area contributed by atoms with Gasteiger partial charge in [-0.05, 0) is 183 Å². The van der Waals surface area contributed by atoms with Crippen LogP contribution in [0, 0.1) is 61.7 Å². The number of halogens is 1. The maximum Gasteiger partial charge on any atom is 0.319 e. The Morgan fingerprint density at radius 2 is 0.989 bits per heavy atom. The van der Waals surface area contributed by atoms with Gasteiger partial charge in [0.05, 0.1) is 68.0 Å². The number of rotatable bonds is 19. The maximum absolute atomic E-state index is 14.0. The molecule has 6 aliphatic rings. The zero-order chi connectivity index (χ0) is 64.2. The lowest BCUT2D eigenvalue weighted by molar-refractivity contribution is -0.00548. The lowest BCUT2D eigenvalue weighted by Crippen LogP contribution is -2.45. The molecule has 4 aliphatic carbocycles. The Hall–Kier alpha value is -7.37. The molecule has 2 aromatic carbocycles. The first-order chi connectivity index (χ1) is 43.8. The van der Waals surface area contributed by atoms with E-state index in [0.717, 1.165) is 93.1 Å². The molecular formula is C71H99FN14O5. The van der Waals surface area contributed by atoms with Crippen LogP contribution in [0.25, 0.3) is 4.85 Å². The number of aromatic nitrogens is 8. The maximum atomic E-state index is 14.0. The average molecular weight is 1250 g/mol. The molecule has 91 heavy (non-hydrogen) atoms. The summed E-state index contributed by atoms with van der Waals surface area (Å²) in [6.45, 7) is 35.8. The van der Waals surface area contributed by atoms with Crippen molar-refractivity contribution < 1.29 is 28.1 Å². The molecule has 2 aliphatic heterocycles. The summed E-state index contributed by atoms with van der Waals surface area (Å²) in [5.41, 5.74) is 7.10. The van der Waals surface area contributed by atoms with Crippen LogP contribution in [0.3, 0.4) is 0 Å². The van der Waals surface area contributed by atoms with Crippen LogP contribution in [0.4, 0.5) is 50.7 Å². The number of anilines is 8. The molecule has 0 radical (unpaired) electrons. The fourth-order valence-electron chi connectivity index (χ4n) is 13.0. The molecule has 3 N–H and O–H groups in total.